The average Bonchev–Trinajstić information content (AvgIpc) is 2.54. The van der Waals surface area contributed by atoms with Gasteiger partial charge in [-0.1, -0.05) is 6.07 Å². The van der Waals surface area contributed by atoms with Crippen molar-refractivity contribution in [3.63, 3.8) is 0 Å². The minimum absolute atomic E-state index is 0.417. The first kappa shape index (κ1) is 15.1. The van der Waals surface area contributed by atoms with Gasteiger partial charge in [0.25, 0.3) is 0 Å². The second-order valence-corrected chi connectivity index (χ2v) is 4.86. The van der Waals surface area contributed by atoms with Gasteiger partial charge in [0.05, 0.1) is 5.69 Å². The molecule has 0 N–H and O–H groups in total. The fourth-order valence-electron chi connectivity index (χ4n) is 2.04. The van der Waals surface area contributed by atoms with Crippen LogP contribution in [0.2, 0.25) is 0 Å². The van der Waals surface area contributed by atoms with Crippen molar-refractivity contribution < 1.29 is 13.2 Å². The van der Waals surface area contributed by atoms with Gasteiger partial charge in [-0.05, 0) is 37.3 Å². The monoisotopic (exact) mass is 316 g/mol. The lowest BCUT2D eigenvalue weighted by atomic mass is 10.1. The summed E-state index contributed by atoms with van der Waals surface area (Å²) < 4.78 is 37.7. The van der Waals surface area contributed by atoms with E-state index in [0.29, 0.717) is 28.5 Å². The lowest BCUT2D eigenvalue weighted by molar-refractivity contribution is -0.141. The van der Waals surface area contributed by atoms with Crippen molar-refractivity contribution in [2.75, 3.05) is 0 Å². The largest absolute Gasteiger partial charge is 0.433 e. The Balaban J connectivity index is 2.02. The van der Waals surface area contributed by atoms with E-state index in [1.807, 2.05) is 6.07 Å². The highest BCUT2D eigenvalue weighted by molar-refractivity contribution is 5.62. The number of rotatable bonds is 2. The molecule has 23 heavy (non-hydrogen) atoms. The third-order valence-corrected chi connectivity index (χ3v) is 3.10. The highest BCUT2D eigenvalue weighted by Crippen LogP contribution is 2.29. The summed E-state index contributed by atoms with van der Waals surface area (Å²) in [6.07, 6.45) is -1.67. The van der Waals surface area contributed by atoms with Crippen molar-refractivity contribution >= 4 is 0 Å². The number of aryl methyl sites for hydroxylation is 1. The second kappa shape index (κ2) is 5.75. The van der Waals surface area contributed by atoms with Gasteiger partial charge < -0.3 is 0 Å². The Hall–Kier alpha value is -2.83. The van der Waals surface area contributed by atoms with Crippen molar-refractivity contribution in [3.05, 3.63) is 60.2 Å². The lowest BCUT2D eigenvalue weighted by Gasteiger charge is -2.08. The SMILES string of the molecule is Cc1cc(-c2ccc(C(F)(F)F)nc2)nc(-c2ccccn2)n1. The Morgan fingerprint density at radius 1 is 0.913 bits per heavy atom. The highest BCUT2D eigenvalue weighted by Gasteiger charge is 2.32. The van der Waals surface area contributed by atoms with Gasteiger partial charge in [0.15, 0.2) is 5.82 Å². The van der Waals surface area contributed by atoms with Gasteiger partial charge in [-0.3, -0.25) is 9.97 Å². The van der Waals surface area contributed by atoms with Gasteiger partial charge in [0.1, 0.15) is 11.4 Å². The fourth-order valence-corrected chi connectivity index (χ4v) is 2.04. The quantitative estimate of drug-likeness (QED) is 0.719. The van der Waals surface area contributed by atoms with Crippen LogP contribution in [-0.4, -0.2) is 19.9 Å². The van der Waals surface area contributed by atoms with Crippen LogP contribution in [0.3, 0.4) is 0 Å². The molecule has 0 fully saturated rings. The standard InChI is InChI=1S/C16H11F3N4/c1-10-8-13(11-5-6-14(21-9-11)16(17,18)19)23-15(22-10)12-4-2-3-7-20-12/h2-9H,1H3. The van der Waals surface area contributed by atoms with E-state index in [1.165, 1.54) is 6.07 Å². The molecule has 7 heteroatoms. The third-order valence-electron chi connectivity index (χ3n) is 3.10. The zero-order valence-electron chi connectivity index (χ0n) is 12.0. The summed E-state index contributed by atoms with van der Waals surface area (Å²) in [6, 6.07) is 9.33. The molecular weight excluding hydrogens is 305 g/mol. The Labute approximate surface area is 130 Å². The topological polar surface area (TPSA) is 51.6 Å². The van der Waals surface area contributed by atoms with Crippen molar-refractivity contribution in [1.82, 2.24) is 19.9 Å². The number of aromatic nitrogens is 4. The number of halogens is 3. The molecule has 0 aliphatic carbocycles. The molecule has 3 aromatic rings. The number of pyridine rings is 2. The van der Waals surface area contributed by atoms with E-state index in [9.17, 15) is 13.2 Å². The molecule has 0 aromatic carbocycles. The van der Waals surface area contributed by atoms with E-state index in [4.69, 9.17) is 0 Å². The normalized spacial score (nSPS) is 11.5. The first-order valence-electron chi connectivity index (χ1n) is 6.74. The van der Waals surface area contributed by atoms with Gasteiger partial charge in [-0.2, -0.15) is 13.2 Å². The van der Waals surface area contributed by atoms with E-state index < -0.39 is 11.9 Å². The van der Waals surface area contributed by atoms with Crippen LogP contribution in [0.25, 0.3) is 22.8 Å². The summed E-state index contributed by atoms with van der Waals surface area (Å²) in [7, 11) is 0. The van der Waals surface area contributed by atoms with E-state index in [1.54, 1.807) is 31.3 Å². The van der Waals surface area contributed by atoms with Crippen molar-refractivity contribution in [3.8, 4) is 22.8 Å². The molecule has 0 saturated carbocycles. The van der Waals surface area contributed by atoms with Crippen LogP contribution >= 0.6 is 0 Å². The molecule has 0 spiro atoms. The summed E-state index contributed by atoms with van der Waals surface area (Å²) in [5.41, 5.74) is 1.34. The summed E-state index contributed by atoms with van der Waals surface area (Å²) in [5, 5.41) is 0. The number of alkyl halides is 3. The maximum absolute atomic E-state index is 12.6. The molecule has 0 amide bonds. The zero-order chi connectivity index (χ0) is 16.4. The number of nitrogens with zero attached hydrogens (tertiary/aromatic N) is 4. The molecular formula is C16H11F3N4. The Morgan fingerprint density at radius 3 is 2.35 bits per heavy atom. The van der Waals surface area contributed by atoms with Crippen LogP contribution in [0, 0.1) is 6.92 Å². The average molecular weight is 316 g/mol. The van der Waals surface area contributed by atoms with Crippen molar-refractivity contribution in [1.29, 1.82) is 0 Å². The summed E-state index contributed by atoms with van der Waals surface area (Å²) in [5.74, 6) is 0.417. The predicted octanol–water partition coefficient (Wildman–Crippen LogP) is 3.93. The van der Waals surface area contributed by atoms with Crippen molar-refractivity contribution in [2.45, 2.75) is 13.1 Å². The summed E-state index contributed by atoms with van der Waals surface area (Å²) in [6.45, 7) is 1.79. The van der Waals surface area contributed by atoms with Gasteiger partial charge in [-0.15, -0.1) is 0 Å². The Kier molecular flexibility index (Phi) is 3.77. The molecule has 0 unspecified atom stereocenters. The second-order valence-electron chi connectivity index (χ2n) is 4.86. The molecule has 0 bridgehead atoms. The molecule has 116 valence electrons. The first-order chi connectivity index (χ1) is 10.9. The minimum atomic E-state index is -4.46. The van der Waals surface area contributed by atoms with E-state index >= 15 is 0 Å². The van der Waals surface area contributed by atoms with E-state index in [0.717, 1.165) is 12.3 Å². The Bertz CT molecular complexity index is 815. The van der Waals surface area contributed by atoms with Crippen LogP contribution in [0.1, 0.15) is 11.4 Å². The molecule has 3 heterocycles. The molecule has 0 atom stereocenters. The molecule has 4 nitrogen and oxygen atoms in total. The van der Waals surface area contributed by atoms with Crippen LogP contribution in [0.5, 0.6) is 0 Å². The van der Waals surface area contributed by atoms with Crippen LogP contribution in [0.4, 0.5) is 13.2 Å². The zero-order valence-corrected chi connectivity index (χ0v) is 12.0. The highest BCUT2D eigenvalue weighted by atomic mass is 19.4. The summed E-state index contributed by atoms with van der Waals surface area (Å²) >= 11 is 0. The molecule has 0 aliphatic heterocycles. The summed E-state index contributed by atoms with van der Waals surface area (Å²) in [4.78, 5) is 16.3. The van der Waals surface area contributed by atoms with Gasteiger partial charge in [0.2, 0.25) is 0 Å². The Morgan fingerprint density at radius 2 is 1.74 bits per heavy atom. The smallest absolute Gasteiger partial charge is 0.253 e. The molecule has 0 radical (unpaired) electrons. The van der Waals surface area contributed by atoms with Crippen LogP contribution in [0.15, 0.2) is 48.8 Å². The van der Waals surface area contributed by atoms with Gasteiger partial charge in [-0.25, -0.2) is 9.97 Å². The van der Waals surface area contributed by atoms with Crippen molar-refractivity contribution in [2.24, 2.45) is 0 Å². The first-order valence-corrected chi connectivity index (χ1v) is 6.74. The maximum Gasteiger partial charge on any atom is 0.433 e. The maximum atomic E-state index is 12.6. The van der Waals surface area contributed by atoms with Crippen LogP contribution < -0.4 is 0 Å². The third kappa shape index (κ3) is 3.33. The lowest BCUT2D eigenvalue weighted by Crippen LogP contribution is -2.07. The van der Waals surface area contributed by atoms with Gasteiger partial charge in [0, 0.05) is 23.7 Å². The van der Waals surface area contributed by atoms with Crippen LogP contribution in [-0.2, 0) is 6.18 Å². The fraction of sp³-hybridized carbons (Fsp3) is 0.125. The molecule has 3 rings (SSSR count). The molecule has 3 aromatic heterocycles. The van der Waals surface area contributed by atoms with E-state index in [-0.39, 0.29) is 0 Å². The molecule has 0 saturated heterocycles. The number of hydrogen-bond donors (Lipinski definition) is 0. The number of hydrogen-bond acceptors (Lipinski definition) is 4. The van der Waals surface area contributed by atoms with Gasteiger partial charge >= 0.3 is 6.18 Å². The molecule has 0 aliphatic rings. The minimum Gasteiger partial charge on any atom is -0.253 e. The van der Waals surface area contributed by atoms with E-state index in [2.05, 4.69) is 19.9 Å². The predicted molar refractivity (Wildman–Crippen MR) is 78.2 cm³/mol.